The normalized spacial score (nSPS) is 11.6. The number of furan rings is 1. The van der Waals surface area contributed by atoms with Crippen LogP contribution in [0.25, 0.3) is 76.6 Å². The molecule has 0 aliphatic carbocycles. The number of pyridine rings is 1. The lowest BCUT2D eigenvalue weighted by Gasteiger charge is -2.27. The van der Waals surface area contributed by atoms with Crippen LogP contribution in [0.5, 0.6) is 0 Å². The van der Waals surface area contributed by atoms with E-state index in [1.54, 1.807) is 0 Å². The molecule has 234 valence electrons. The second-order valence-corrected chi connectivity index (χ2v) is 12.8. The van der Waals surface area contributed by atoms with Gasteiger partial charge < -0.3 is 9.32 Å². The van der Waals surface area contributed by atoms with E-state index < -0.39 is 0 Å². The summed E-state index contributed by atoms with van der Waals surface area (Å²) < 4.78 is 6.41. The first-order valence-corrected chi connectivity index (χ1v) is 17.0. The fraction of sp³-hybridized carbons (Fsp3) is 0. The highest BCUT2D eigenvalue weighted by atomic mass is 16.3. The maximum Gasteiger partial charge on any atom is 0.161 e. The molecule has 2 heterocycles. The first-order chi connectivity index (χ1) is 24.8. The summed E-state index contributed by atoms with van der Waals surface area (Å²) in [6, 6.07) is 62.7. The Kier molecular flexibility index (Phi) is 6.49. The average Bonchev–Trinajstić information content (AvgIpc) is 3.57. The first kappa shape index (κ1) is 28.3. The fourth-order valence-corrected chi connectivity index (χ4v) is 7.43. The molecule has 0 radical (unpaired) electrons. The topological polar surface area (TPSA) is 29.3 Å². The van der Waals surface area contributed by atoms with Gasteiger partial charge in [0.25, 0.3) is 0 Å². The van der Waals surface area contributed by atoms with E-state index in [-0.39, 0.29) is 0 Å². The van der Waals surface area contributed by atoms with Crippen LogP contribution in [0.4, 0.5) is 17.1 Å². The van der Waals surface area contributed by atoms with Crippen molar-refractivity contribution in [3.05, 3.63) is 182 Å². The Morgan fingerprint density at radius 2 is 1.00 bits per heavy atom. The van der Waals surface area contributed by atoms with Crippen molar-refractivity contribution < 1.29 is 4.42 Å². The Bertz CT molecular complexity index is 2850. The van der Waals surface area contributed by atoms with Gasteiger partial charge in [-0.25, -0.2) is 0 Å². The Balaban J connectivity index is 1.14. The zero-order chi connectivity index (χ0) is 33.0. The summed E-state index contributed by atoms with van der Waals surface area (Å²) in [6.45, 7) is 0. The van der Waals surface area contributed by atoms with Crippen molar-refractivity contribution in [1.29, 1.82) is 0 Å². The van der Waals surface area contributed by atoms with E-state index in [1.165, 1.54) is 43.8 Å². The molecular weight excluding hydrogens is 609 g/mol. The Hall–Kier alpha value is -6.71. The minimum atomic E-state index is 0.810. The molecule has 0 spiro atoms. The molecule has 0 aliphatic heterocycles. The fourth-order valence-electron chi connectivity index (χ4n) is 7.43. The van der Waals surface area contributed by atoms with E-state index in [1.807, 2.05) is 24.4 Å². The molecule has 3 nitrogen and oxygen atoms in total. The number of benzene rings is 8. The summed E-state index contributed by atoms with van der Waals surface area (Å²) in [5.41, 5.74) is 10.4. The number of anilines is 3. The molecule has 50 heavy (non-hydrogen) atoms. The van der Waals surface area contributed by atoms with Gasteiger partial charge in [-0.3, -0.25) is 4.98 Å². The molecule has 0 aliphatic rings. The minimum Gasteiger partial charge on any atom is -0.454 e. The predicted molar refractivity (Wildman–Crippen MR) is 210 cm³/mol. The molecule has 10 rings (SSSR count). The molecule has 8 aromatic carbocycles. The van der Waals surface area contributed by atoms with Crippen LogP contribution in [-0.4, -0.2) is 4.98 Å². The Labute approximate surface area is 289 Å². The second kappa shape index (κ2) is 11.5. The molecule has 0 fully saturated rings. The lowest BCUT2D eigenvalue weighted by Crippen LogP contribution is -2.10. The van der Waals surface area contributed by atoms with Gasteiger partial charge in [0.1, 0.15) is 11.1 Å². The van der Waals surface area contributed by atoms with Gasteiger partial charge in [-0.05, 0) is 98.4 Å². The van der Waals surface area contributed by atoms with Crippen molar-refractivity contribution in [2.45, 2.75) is 0 Å². The highest BCUT2D eigenvalue weighted by Crippen LogP contribution is 2.44. The van der Waals surface area contributed by atoms with Crippen molar-refractivity contribution in [3.63, 3.8) is 0 Å². The van der Waals surface area contributed by atoms with Gasteiger partial charge in [0.05, 0.1) is 5.69 Å². The van der Waals surface area contributed by atoms with E-state index >= 15 is 0 Å². The number of hydrogen-bond donors (Lipinski definition) is 0. The van der Waals surface area contributed by atoms with E-state index in [2.05, 4.69) is 163 Å². The Morgan fingerprint density at radius 3 is 1.80 bits per heavy atom. The molecule has 2 aromatic heterocycles. The lowest BCUT2D eigenvalue weighted by atomic mass is 9.97. The van der Waals surface area contributed by atoms with Gasteiger partial charge in [-0.2, -0.15) is 0 Å². The van der Waals surface area contributed by atoms with E-state index in [0.29, 0.717) is 0 Å². The smallest absolute Gasteiger partial charge is 0.161 e. The van der Waals surface area contributed by atoms with Gasteiger partial charge in [0.2, 0.25) is 0 Å². The molecule has 10 aromatic rings. The van der Waals surface area contributed by atoms with Crippen LogP contribution < -0.4 is 4.90 Å². The van der Waals surface area contributed by atoms with Crippen LogP contribution in [0.1, 0.15) is 0 Å². The third-order valence-electron chi connectivity index (χ3n) is 9.89. The van der Waals surface area contributed by atoms with Gasteiger partial charge in [-0.1, -0.05) is 121 Å². The lowest BCUT2D eigenvalue weighted by molar-refractivity contribution is 0.671. The van der Waals surface area contributed by atoms with E-state index in [9.17, 15) is 0 Å². The van der Waals surface area contributed by atoms with Crippen LogP contribution in [-0.2, 0) is 0 Å². The van der Waals surface area contributed by atoms with Gasteiger partial charge in [-0.15, -0.1) is 0 Å². The first-order valence-electron chi connectivity index (χ1n) is 17.0. The van der Waals surface area contributed by atoms with Crippen LogP contribution in [0.15, 0.2) is 187 Å². The monoisotopic (exact) mass is 638 g/mol. The number of rotatable bonds is 5. The largest absolute Gasteiger partial charge is 0.454 e. The Morgan fingerprint density at radius 1 is 0.400 bits per heavy atom. The molecule has 0 amide bonds. The molecule has 0 saturated carbocycles. The molecule has 0 atom stereocenters. The molecule has 0 unspecified atom stereocenters. The summed E-state index contributed by atoms with van der Waals surface area (Å²) in [5.74, 6) is 0. The number of aromatic nitrogens is 1. The average molecular weight is 639 g/mol. The zero-order valence-corrected chi connectivity index (χ0v) is 27.1. The van der Waals surface area contributed by atoms with Crippen molar-refractivity contribution >= 4 is 71.4 Å². The van der Waals surface area contributed by atoms with Gasteiger partial charge in [0, 0.05) is 33.7 Å². The van der Waals surface area contributed by atoms with Crippen molar-refractivity contribution in [3.8, 4) is 22.3 Å². The third kappa shape index (κ3) is 4.63. The maximum atomic E-state index is 6.41. The van der Waals surface area contributed by atoms with Gasteiger partial charge >= 0.3 is 0 Å². The minimum absolute atomic E-state index is 0.810. The van der Waals surface area contributed by atoms with Crippen LogP contribution in [0, 0.1) is 0 Å². The number of para-hydroxylation sites is 1. The number of nitrogens with zero attached hydrogens (tertiary/aromatic N) is 2. The SMILES string of the molecule is c1ccc(-c2ccc(N(c3ccc(-c4ccc5c(ccc6ccccc65)c4)cc3)c3cc4c5ccccc5oc4c4ncccc34)cc2)cc1. The molecular formula is C47H30N2O. The number of hydrogen-bond acceptors (Lipinski definition) is 3. The molecule has 0 bridgehead atoms. The summed E-state index contributed by atoms with van der Waals surface area (Å²) in [5, 5.41) is 8.21. The van der Waals surface area contributed by atoms with Gasteiger partial charge in [0.15, 0.2) is 5.58 Å². The summed E-state index contributed by atoms with van der Waals surface area (Å²) in [4.78, 5) is 7.21. The second-order valence-electron chi connectivity index (χ2n) is 12.8. The predicted octanol–water partition coefficient (Wildman–Crippen LogP) is 13.2. The van der Waals surface area contributed by atoms with Crippen LogP contribution in [0.2, 0.25) is 0 Å². The summed E-state index contributed by atoms with van der Waals surface area (Å²) >= 11 is 0. The molecule has 3 heteroatoms. The highest BCUT2D eigenvalue weighted by molar-refractivity contribution is 6.18. The third-order valence-corrected chi connectivity index (χ3v) is 9.89. The quantitative estimate of drug-likeness (QED) is 0.176. The van der Waals surface area contributed by atoms with E-state index in [4.69, 9.17) is 9.40 Å². The standard InChI is InChI=1S/C47H30N2O/c1-2-9-31(10-3-1)32-18-23-37(24-19-32)49(44-30-43-41-13-6-7-15-45(41)50-47(43)46-42(44)14-8-28-48-46)38-25-20-33(21-26-38)35-22-27-40-36(29-35)17-16-34-11-4-5-12-39(34)40/h1-30H. The van der Waals surface area contributed by atoms with Crippen LogP contribution in [0.3, 0.4) is 0 Å². The summed E-state index contributed by atoms with van der Waals surface area (Å²) in [7, 11) is 0. The maximum absolute atomic E-state index is 6.41. The van der Waals surface area contributed by atoms with Crippen LogP contribution >= 0.6 is 0 Å². The number of fused-ring (bicyclic) bond motifs is 8. The van der Waals surface area contributed by atoms with Crippen molar-refractivity contribution in [2.24, 2.45) is 0 Å². The van der Waals surface area contributed by atoms with Crippen molar-refractivity contribution in [2.75, 3.05) is 4.90 Å². The van der Waals surface area contributed by atoms with E-state index in [0.717, 1.165) is 49.9 Å². The zero-order valence-electron chi connectivity index (χ0n) is 27.1. The highest BCUT2D eigenvalue weighted by Gasteiger charge is 2.21. The van der Waals surface area contributed by atoms with Crippen molar-refractivity contribution in [1.82, 2.24) is 4.98 Å². The molecule has 0 saturated heterocycles. The summed E-state index contributed by atoms with van der Waals surface area (Å²) in [6.07, 6.45) is 1.85. The molecule has 0 N–H and O–H groups in total.